The van der Waals surface area contributed by atoms with Gasteiger partial charge in [0.05, 0.1) is 39.3 Å². The van der Waals surface area contributed by atoms with Crippen LogP contribution in [0.15, 0.2) is 64.1 Å². The minimum Gasteiger partial charge on any atom is -0.545 e. The molecule has 0 spiro atoms. The molecule has 2 atom stereocenters. The summed E-state index contributed by atoms with van der Waals surface area (Å²) in [5.74, 6) is -4.75. The van der Waals surface area contributed by atoms with E-state index < -0.39 is 70.4 Å². The molecule has 3 fully saturated rings. The number of carboxylic acids is 2. The Morgan fingerprint density at radius 2 is 1.65 bits per heavy atom. The summed E-state index contributed by atoms with van der Waals surface area (Å²) in [4.78, 5) is 78.6. The zero-order valence-electron chi connectivity index (χ0n) is 28.2. The number of carbonyl (C=O) groups is 5. The van der Waals surface area contributed by atoms with Crippen molar-refractivity contribution in [2.24, 2.45) is 0 Å². The Hall–Kier alpha value is -3.58. The van der Waals surface area contributed by atoms with Crippen LogP contribution in [0.3, 0.4) is 0 Å². The van der Waals surface area contributed by atoms with E-state index in [4.69, 9.17) is 9.47 Å². The summed E-state index contributed by atoms with van der Waals surface area (Å²) in [5, 5.41) is 25.2. The van der Waals surface area contributed by atoms with Gasteiger partial charge in [0, 0.05) is 43.8 Å². The van der Waals surface area contributed by atoms with Crippen LogP contribution >= 0.6 is 11.8 Å². The second-order valence-electron chi connectivity index (χ2n) is 12.1. The fourth-order valence-electron chi connectivity index (χ4n) is 6.24. The fourth-order valence-corrected chi connectivity index (χ4v) is 7.58. The van der Waals surface area contributed by atoms with Gasteiger partial charge in [-0.2, -0.15) is 0 Å². The molecule has 3 aromatic rings. The van der Waals surface area contributed by atoms with E-state index in [0.29, 0.717) is 11.3 Å². The van der Waals surface area contributed by atoms with Crippen LogP contribution in [-0.4, -0.2) is 95.0 Å². The number of pyridine rings is 1. The first-order valence-corrected chi connectivity index (χ1v) is 16.6. The maximum Gasteiger partial charge on any atom is 1.00 e. The van der Waals surface area contributed by atoms with Crippen LogP contribution in [0, 0.1) is 5.82 Å². The molecule has 4 heterocycles. The normalized spacial score (nSPS) is 19.2. The first-order valence-electron chi connectivity index (χ1n) is 15.7. The van der Waals surface area contributed by atoms with Crippen LogP contribution in [0.2, 0.25) is 0 Å². The number of para-hydroxylation sites is 1. The largest absolute Gasteiger partial charge is 1.00 e. The standard InChI is InChI=1S/C33H30FN5O10S.2Na/c34-21-12-19-22(38(17-6-7-17)14-20(28(19)41)31(43)44)13-23(21)36-8-10-37(11-9-36)33(47)49-15-24-27(32(45)46)39-29(42)26(30(39)50-24)35-25(40)16-48-18-4-2-1-3-5-18;;/h1-5,12-14,17,26,30H,6-11,15-16H2,(H,35,40)(H,43,44)(H,45,46);;/q;2*+1/p-2. The molecular weight excluding hydrogens is 723 g/mol. The first kappa shape index (κ1) is 39.6. The van der Waals surface area contributed by atoms with E-state index in [1.807, 2.05) is 0 Å². The number of halogens is 1. The van der Waals surface area contributed by atoms with Crippen molar-refractivity contribution in [2.45, 2.75) is 30.3 Å². The molecule has 2 aromatic carbocycles. The molecule has 4 aliphatic rings. The van der Waals surface area contributed by atoms with E-state index in [-0.39, 0.29) is 114 Å². The molecule has 2 unspecified atom stereocenters. The number of anilines is 1. The number of ether oxygens (including phenoxy) is 2. The van der Waals surface area contributed by atoms with E-state index in [2.05, 4.69) is 5.32 Å². The van der Waals surface area contributed by atoms with Crippen LogP contribution in [0.5, 0.6) is 5.75 Å². The minimum absolute atomic E-state index is 0. The topological polar surface area (TPSA) is 194 Å². The predicted octanol–water partition coefficient (Wildman–Crippen LogP) is -6.45. The van der Waals surface area contributed by atoms with E-state index in [1.54, 1.807) is 39.8 Å². The van der Waals surface area contributed by atoms with E-state index in [9.17, 15) is 39.0 Å². The minimum atomic E-state index is -1.63. The fraction of sp³-hybridized carbons (Fsp3) is 0.333. The molecule has 19 heteroatoms. The number of thioether (sulfide) groups is 1. The molecule has 1 N–H and O–H groups in total. The number of piperazine rings is 1. The van der Waals surface area contributed by atoms with Crippen molar-refractivity contribution < 1.29 is 107 Å². The van der Waals surface area contributed by atoms with Crippen molar-refractivity contribution in [2.75, 3.05) is 44.3 Å². The molecule has 260 valence electrons. The van der Waals surface area contributed by atoms with Gasteiger partial charge in [0.1, 0.15) is 29.6 Å². The third-order valence-corrected chi connectivity index (χ3v) is 10.2. The van der Waals surface area contributed by atoms with Gasteiger partial charge in [0.15, 0.2) is 12.0 Å². The zero-order valence-corrected chi connectivity index (χ0v) is 33.0. The molecule has 15 nitrogen and oxygen atoms in total. The van der Waals surface area contributed by atoms with Crippen LogP contribution < -0.4 is 89.7 Å². The molecule has 1 saturated carbocycles. The number of benzene rings is 2. The van der Waals surface area contributed by atoms with Gasteiger partial charge in [-0.3, -0.25) is 19.3 Å². The van der Waals surface area contributed by atoms with Crippen molar-refractivity contribution in [3.63, 3.8) is 0 Å². The maximum atomic E-state index is 15.3. The second-order valence-corrected chi connectivity index (χ2v) is 13.3. The number of hydrogen-bond donors (Lipinski definition) is 1. The second kappa shape index (κ2) is 16.2. The molecule has 0 radical (unpaired) electrons. The summed E-state index contributed by atoms with van der Waals surface area (Å²) in [6.07, 6.45) is 2.06. The summed E-state index contributed by atoms with van der Waals surface area (Å²) < 4.78 is 27.8. The number of carboxylic acid groups (broad SMARTS) is 2. The third-order valence-electron chi connectivity index (χ3n) is 8.90. The van der Waals surface area contributed by atoms with Gasteiger partial charge in [0.2, 0.25) is 0 Å². The average molecular weight is 752 g/mol. The van der Waals surface area contributed by atoms with E-state index in [0.717, 1.165) is 35.6 Å². The van der Waals surface area contributed by atoms with Crippen molar-refractivity contribution in [1.82, 2.24) is 19.7 Å². The number of fused-ring (bicyclic) bond motifs is 2. The Kier molecular flexibility index (Phi) is 12.3. The summed E-state index contributed by atoms with van der Waals surface area (Å²) >= 11 is 0.967. The van der Waals surface area contributed by atoms with Crippen molar-refractivity contribution in [1.29, 1.82) is 0 Å². The summed E-state index contributed by atoms with van der Waals surface area (Å²) in [5.41, 5.74) is -1.20. The molecule has 52 heavy (non-hydrogen) atoms. The number of aromatic carboxylic acids is 1. The van der Waals surface area contributed by atoms with Crippen LogP contribution in [0.4, 0.5) is 14.9 Å². The Morgan fingerprint density at radius 3 is 2.29 bits per heavy atom. The Balaban J connectivity index is 0.00000261. The number of rotatable bonds is 10. The average Bonchev–Trinajstić information content (AvgIpc) is 3.89. The monoisotopic (exact) mass is 751 g/mol. The molecule has 7 rings (SSSR count). The molecule has 0 bridgehead atoms. The smallest absolute Gasteiger partial charge is 0.545 e. The molecule has 3 aliphatic heterocycles. The number of hydrogen-bond acceptors (Lipinski definition) is 12. The van der Waals surface area contributed by atoms with Gasteiger partial charge in [-0.05, 0) is 37.1 Å². The molecule has 2 saturated heterocycles. The Morgan fingerprint density at radius 1 is 0.962 bits per heavy atom. The van der Waals surface area contributed by atoms with Crippen LogP contribution in [0.1, 0.15) is 29.2 Å². The van der Waals surface area contributed by atoms with Gasteiger partial charge in [-0.25, -0.2) is 9.18 Å². The molecule has 1 aromatic heterocycles. The summed E-state index contributed by atoms with van der Waals surface area (Å²) in [6, 6.07) is 10.1. The zero-order chi connectivity index (χ0) is 35.3. The van der Waals surface area contributed by atoms with Gasteiger partial charge >= 0.3 is 65.2 Å². The third kappa shape index (κ3) is 7.71. The number of carbonyl (C=O) groups excluding carboxylic acids is 5. The number of β-lactam (4-membered cyclic amide) rings is 1. The molecular formula is C33H28FN5Na2O10S. The number of aliphatic carboxylic acids is 1. The molecule has 1 aliphatic carbocycles. The number of aromatic nitrogens is 1. The summed E-state index contributed by atoms with van der Waals surface area (Å²) in [6.45, 7) is -0.169. The first-order chi connectivity index (χ1) is 24.0. The van der Waals surface area contributed by atoms with Gasteiger partial charge < -0.3 is 49.0 Å². The van der Waals surface area contributed by atoms with Crippen LogP contribution in [-0.2, 0) is 19.1 Å². The number of nitrogens with one attached hydrogen (secondary N) is 1. The maximum absolute atomic E-state index is 15.3. The van der Waals surface area contributed by atoms with Gasteiger partial charge in [-0.1, -0.05) is 30.0 Å². The van der Waals surface area contributed by atoms with E-state index in [1.165, 1.54) is 17.2 Å². The number of amides is 3. The Labute approximate surface area is 343 Å². The predicted molar refractivity (Wildman–Crippen MR) is 170 cm³/mol. The molecule has 3 amide bonds. The van der Waals surface area contributed by atoms with E-state index >= 15 is 4.39 Å². The Bertz CT molecular complexity index is 2040. The van der Waals surface area contributed by atoms with Crippen molar-refractivity contribution >= 4 is 58.2 Å². The van der Waals surface area contributed by atoms with Crippen LogP contribution in [0.25, 0.3) is 10.9 Å². The van der Waals surface area contributed by atoms with Crippen molar-refractivity contribution in [3.05, 3.63) is 80.9 Å². The van der Waals surface area contributed by atoms with Gasteiger partial charge in [0.25, 0.3) is 11.8 Å². The summed E-state index contributed by atoms with van der Waals surface area (Å²) in [7, 11) is 0. The number of nitrogens with zero attached hydrogens (tertiary/aromatic N) is 4. The SMILES string of the molecule is O=C(COc1ccccc1)NC1C(=O)N2C(C(=O)[O-])=C(COC(=O)N3CCN(c4cc5c(cc4F)c(=O)c(C(=O)[O-])cn5C4CC4)CC3)SC12.[Na+].[Na+]. The van der Waals surface area contributed by atoms with Crippen molar-refractivity contribution in [3.8, 4) is 5.75 Å². The quantitative estimate of drug-likeness (QED) is 0.152. The van der Waals surface area contributed by atoms with Gasteiger partial charge in [-0.15, -0.1) is 0 Å².